The number of rotatable bonds is 2. The summed E-state index contributed by atoms with van der Waals surface area (Å²) in [6.45, 7) is 0. The maximum atomic E-state index is 13.1. The minimum absolute atomic E-state index is 0.134. The monoisotopic (exact) mass is 251 g/mol. The van der Waals surface area contributed by atoms with Gasteiger partial charge in [0.2, 0.25) is 5.91 Å². The molecule has 2 aromatic rings. The first-order chi connectivity index (χ1) is 8.49. The van der Waals surface area contributed by atoms with Crippen LogP contribution in [0.4, 0.5) is 13.2 Å². The van der Waals surface area contributed by atoms with Crippen LogP contribution >= 0.6 is 0 Å². The lowest BCUT2D eigenvalue weighted by Gasteiger charge is -2.05. The highest BCUT2D eigenvalue weighted by Crippen LogP contribution is 2.24. The number of halogens is 3. The largest absolute Gasteiger partial charge is 0.366 e. The molecule has 2 N–H and O–H groups in total. The second-order valence-corrected chi connectivity index (χ2v) is 3.70. The second kappa shape index (κ2) is 4.52. The smallest absolute Gasteiger partial charge is 0.248 e. The first kappa shape index (κ1) is 12.2. The molecule has 0 aromatic heterocycles. The molecule has 0 heterocycles. The average molecular weight is 251 g/mol. The zero-order chi connectivity index (χ0) is 13.3. The Kier molecular flexibility index (Phi) is 3.06. The van der Waals surface area contributed by atoms with Gasteiger partial charge in [-0.1, -0.05) is 12.1 Å². The fourth-order valence-corrected chi connectivity index (χ4v) is 1.57. The van der Waals surface area contributed by atoms with Gasteiger partial charge in [0.15, 0.2) is 17.5 Å². The Bertz CT molecular complexity index is 602. The quantitative estimate of drug-likeness (QED) is 0.819. The molecule has 0 saturated heterocycles. The van der Waals surface area contributed by atoms with Gasteiger partial charge in [0, 0.05) is 5.56 Å². The van der Waals surface area contributed by atoms with E-state index >= 15 is 0 Å². The molecule has 5 heteroatoms. The molecule has 18 heavy (non-hydrogen) atoms. The molecule has 0 radical (unpaired) electrons. The third-order valence-corrected chi connectivity index (χ3v) is 2.46. The van der Waals surface area contributed by atoms with E-state index in [2.05, 4.69) is 0 Å². The lowest BCUT2D eigenvalue weighted by atomic mass is 10.0. The van der Waals surface area contributed by atoms with E-state index in [1.54, 1.807) is 6.07 Å². The van der Waals surface area contributed by atoms with Crippen molar-refractivity contribution in [3.63, 3.8) is 0 Å². The van der Waals surface area contributed by atoms with Crippen LogP contribution in [0.25, 0.3) is 11.1 Å². The zero-order valence-corrected chi connectivity index (χ0v) is 9.08. The number of hydrogen-bond acceptors (Lipinski definition) is 1. The number of primary amides is 1. The topological polar surface area (TPSA) is 43.1 Å². The van der Waals surface area contributed by atoms with E-state index in [1.165, 1.54) is 18.2 Å². The average Bonchev–Trinajstić information content (AvgIpc) is 2.35. The minimum Gasteiger partial charge on any atom is -0.366 e. The molecular formula is C13H8F3NO. The van der Waals surface area contributed by atoms with Gasteiger partial charge < -0.3 is 5.73 Å². The van der Waals surface area contributed by atoms with Gasteiger partial charge in [-0.25, -0.2) is 13.2 Å². The molecule has 0 aliphatic heterocycles. The first-order valence-corrected chi connectivity index (χ1v) is 5.04. The van der Waals surface area contributed by atoms with Crippen LogP contribution in [0.1, 0.15) is 10.4 Å². The Morgan fingerprint density at radius 2 is 1.56 bits per heavy atom. The third-order valence-electron chi connectivity index (χ3n) is 2.46. The Labute approximate surface area is 101 Å². The van der Waals surface area contributed by atoms with Crippen molar-refractivity contribution in [3.8, 4) is 11.1 Å². The van der Waals surface area contributed by atoms with Crippen LogP contribution in [0.15, 0.2) is 36.4 Å². The van der Waals surface area contributed by atoms with E-state index in [9.17, 15) is 18.0 Å². The van der Waals surface area contributed by atoms with E-state index in [1.807, 2.05) is 0 Å². The molecule has 2 aromatic carbocycles. The van der Waals surface area contributed by atoms with Gasteiger partial charge in [-0.3, -0.25) is 4.79 Å². The highest BCUT2D eigenvalue weighted by Gasteiger charge is 2.12. The molecule has 0 aliphatic carbocycles. The van der Waals surface area contributed by atoms with Crippen molar-refractivity contribution < 1.29 is 18.0 Å². The molecule has 0 unspecified atom stereocenters. The lowest BCUT2D eigenvalue weighted by Crippen LogP contribution is -2.10. The molecule has 0 bridgehead atoms. The van der Waals surface area contributed by atoms with Gasteiger partial charge in [-0.2, -0.15) is 0 Å². The first-order valence-electron chi connectivity index (χ1n) is 5.04. The molecule has 2 rings (SSSR count). The normalized spacial score (nSPS) is 10.4. The second-order valence-electron chi connectivity index (χ2n) is 3.70. The summed E-state index contributed by atoms with van der Waals surface area (Å²) in [5.74, 6) is -4.74. The number of carbonyl (C=O) groups excluding carboxylic acids is 1. The van der Waals surface area contributed by atoms with Crippen molar-refractivity contribution >= 4 is 5.91 Å². The fourth-order valence-electron chi connectivity index (χ4n) is 1.57. The Morgan fingerprint density at radius 1 is 0.944 bits per heavy atom. The maximum absolute atomic E-state index is 13.1. The van der Waals surface area contributed by atoms with Crippen molar-refractivity contribution in [2.24, 2.45) is 5.73 Å². The lowest BCUT2D eigenvalue weighted by molar-refractivity contribution is 0.100. The number of hydrogen-bond donors (Lipinski definition) is 1. The fraction of sp³-hybridized carbons (Fsp3) is 0. The van der Waals surface area contributed by atoms with Gasteiger partial charge in [-0.15, -0.1) is 0 Å². The highest BCUT2D eigenvalue weighted by atomic mass is 19.2. The summed E-state index contributed by atoms with van der Waals surface area (Å²) in [6, 6.07) is 7.64. The molecule has 2 nitrogen and oxygen atoms in total. The van der Waals surface area contributed by atoms with Gasteiger partial charge in [0.1, 0.15) is 0 Å². The highest BCUT2D eigenvalue weighted by molar-refractivity contribution is 5.94. The number of nitrogens with two attached hydrogens (primary N) is 1. The summed E-state index contributed by atoms with van der Waals surface area (Å²) >= 11 is 0. The van der Waals surface area contributed by atoms with E-state index in [-0.39, 0.29) is 11.1 Å². The Hall–Kier alpha value is -2.30. The Balaban J connectivity index is 2.55. The van der Waals surface area contributed by atoms with Crippen LogP contribution in [0.2, 0.25) is 0 Å². The SMILES string of the molecule is NC(=O)c1cccc(-c2cc(F)c(F)c(F)c2)c1. The van der Waals surface area contributed by atoms with Crippen LogP contribution in [0, 0.1) is 17.5 Å². The zero-order valence-electron chi connectivity index (χ0n) is 9.08. The molecule has 92 valence electrons. The van der Waals surface area contributed by atoms with Crippen molar-refractivity contribution in [2.75, 3.05) is 0 Å². The van der Waals surface area contributed by atoms with E-state index in [4.69, 9.17) is 5.73 Å². The summed E-state index contributed by atoms with van der Waals surface area (Å²) in [7, 11) is 0. The van der Waals surface area contributed by atoms with Gasteiger partial charge in [0.25, 0.3) is 0 Å². The summed E-state index contributed by atoms with van der Waals surface area (Å²) in [5, 5.41) is 0. The summed E-state index contributed by atoms with van der Waals surface area (Å²) in [6.07, 6.45) is 0. The number of carbonyl (C=O) groups is 1. The summed E-state index contributed by atoms with van der Waals surface area (Å²) in [4.78, 5) is 11.0. The van der Waals surface area contributed by atoms with Crippen LogP contribution < -0.4 is 5.73 Å². The summed E-state index contributed by atoms with van der Waals surface area (Å²) in [5.41, 5.74) is 5.82. The van der Waals surface area contributed by atoms with E-state index < -0.39 is 23.4 Å². The third kappa shape index (κ3) is 2.20. The molecule has 0 spiro atoms. The Morgan fingerprint density at radius 3 is 2.11 bits per heavy atom. The van der Waals surface area contributed by atoms with Gasteiger partial charge in [-0.05, 0) is 35.4 Å². The minimum atomic E-state index is -1.52. The molecular weight excluding hydrogens is 243 g/mol. The standard InChI is InChI=1S/C13H8F3NO/c14-10-5-9(6-11(15)12(10)16)7-2-1-3-8(4-7)13(17)18/h1-6H,(H2,17,18). The number of amides is 1. The van der Waals surface area contributed by atoms with Gasteiger partial charge in [0.05, 0.1) is 0 Å². The van der Waals surface area contributed by atoms with Gasteiger partial charge >= 0.3 is 0 Å². The van der Waals surface area contributed by atoms with Crippen molar-refractivity contribution in [1.82, 2.24) is 0 Å². The van der Waals surface area contributed by atoms with Crippen LogP contribution in [-0.2, 0) is 0 Å². The van der Waals surface area contributed by atoms with Crippen LogP contribution in [0.3, 0.4) is 0 Å². The molecule has 1 amide bonds. The van der Waals surface area contributed by atoms with Crippen molar-refractivity contribution in [3.05, 3.63) is 59.4 Å². The van der Waals surface area contributed by atoms with Crippen molar-refractivity contribution in [1.29, 1.82) is 0 Å². The van der Waals surface area contributed by atoms with Crippen molar-refractivity contribution in [2.45, 2.75) is 0 Å². The maximum Gasteiger partial charge on any atom is 0.248 e. The molecule has 0 fully saturated rings. The number of benzene rings is 2. The van der Waals surface area contributed by atoms with E-state index in [0.29, 0.717) is 5.56 Å². The molecule has 0 saturated carbocycles. The summed E-state index contributed by atoms with van der Waals surface area (Å²) < 4.78 is 39.0. The predicted molar refractivity (Wildman–Crippen MR) is 60.3 cm³/mol. The van der Waals surface area contributed by atoms with Crippen LogP contribution in [-0.4, -0.2) is 5.91 Å². The molecule has 0 aliphatic rings. The van der Waals surface area contributed by atoms with Crippen LogP contribution in [0.5, 0.6) is 0 Å². The predicted octanol–water partition coefficient (Wildman–Crippen LogP) is 2.87. The van der Waals surface area contributed by atoms with E-state index in [0.717, 1.165) is 12.1 Å². The molecule has 0 atom stereocenters.